The second-order valence-corrected chi connectivity index (χ2v) is 10.8. The number of methoxy groups -OCH3 is 2. The van der Waals surface area contributed by atoms with Crippen LogP contribution < -0.4 is 0 Å². The number of esters is 2. The molecule has 8 heteroatoms. The van der Waals surface area contributed by atoms with Crippen molar-refractivity contribution in [2.24, 2.45) is 22.7 Å². The molecule has 0 amide bonds. The fourth-order valence-corrected chi connectivity index (χ4v) is 7.56. The van der Waals surface area contributed by atoms with Gasteiger partial charge in [-0.15, -0.1) is 0 Å². The van der Waals surface area contributed by atoms with Gasteiger partial charge in [-0.1, -0.05) is 31.9 Å². The molecule has 4 aliphatic rings. The van der Waals surface area contributed by atoms with Crippen LogP contribution in [0.4, 0.5) is 0 Å². The second kappa shape index (κ2) is 5.31. The molecule has 1 aliphatic heterocycles. The number of ether oxygens (including phenoxy) is 3. The highest BCUT2D eigenvalue weighted by atomic mass is 79.9. The van der Waals surface area contributed by atoms with Crippen LogP contribution in [0.3, 0.4) is 0 Å². The van der Waals surface area contributed by atoms with E-state index in [9.17, 15) is 14.4 Å². The van der Waals surface area contributed by atoms with Crippen LogP contribution in [-0.2, 0) is 28.6 Å². The molecule has 0 aromatic heterocycles. The number of hydrogen-bond acceptors (Lipinski definition) is 6. The first-order chi connectivity index (χ1) is 11.8. The fraction of sp³-hybridized carbons (Fsp3) is 0.706. The van der Waals surface area contributed by atoms with Gasteiger partial charge in [0, 0.05) is 12.3 Å². The summed E-state index contributed by atoms with van der Waals surface area (Å²) in [5.74, 6) is -2.50. The molecule has 136 valence electrons. The topological polar surface area (TPSA) is 78.9 Å². The Morgan fingerprint density at radius 3 is 2.60 bits per heavy atom. The molecule has 2 bridgehead atoms. The van der Waals surface area contributed by atoms with Crippen LogP contribution in [0.1, 0.15) is 25.7 Å². The van der Waals surface area contributed by atoms with Gasteiger partial charge >= 0.3 is 11.9 Å². The summed E-state index contributed by atoms with van der Waals surface area (Å²) in [6.45, 7) is 0. The summed E-state index contributed by atoms with van der Waals surface area (Å²) < 4.78 is 15.5. The third-order valence-corrected chi connectivity index (χ3v) is 8.88. The van der Waals surface area contributed by atoms with E-state index in [2.05, 4.69) is 31.9 Å². The fourth-order valence-electron chi connectivity index (χ4n) is 5.49. The van der Waals surface area contributed by atoms with E-state index >= 15 is 0 Å². The molecule has 25 heavy (non-hydrogen) atoms. The van der Waals surface area contributed by atoms with Crippen molar-refractivity contribution in [2.75, 3.05) is 14.2 Å². The molecule has 1 spiro atoms. The minimum Gasteiger partial charge on any atom is -0.495 e. The maximum atomic E-state index is 13.1. The highest BCUT2D eigenvalue weighted by molar-refractivity contribution is 9.25. The van der Waals surface area contributed by atoms with Crippen LogP contribution in [-0.4, -0.2) is 41.3 Å². The zero-order valence-electron chi connectivity index (χ0n) is 13.8. The van der Waals surface area contributed by atoms with Crippen LogP contribution in [0, 0.1) is 22.7 Å². The molecule has 3 fully saturated rings. The van der Waals surface area contributed by atoms with E-state index in [-0.39, 0.29) is 11.9 Å². The number of rotatable bonds is 2. The Bertz CT molecular complexity index is 716. The van der Waals surface area contributed by atoms with Crippen molar-refractivity contribution in [3.63, 3.8) is 0 Å². The van der Waals surface area contributed by atoms with E-state index in [1.165, 1.54) is 14.2 Å². The van der Waals surface area contributed by atoms with Crippen LogP contribution in [0.5, 0.6) is 0 Å². The number of halogens is 2. The van der Waals surface area contributed by atoms with Crippen molar-refractivity contribution < 1.29 is 28.6 Å². The zero-order chi connectivity index (χ0) is 18.2. The van der Waals surface area contributed by atoms with Crippen molar-refractivity contribution in [3.05, 3.63) is 11.8 Å². The van der Waals surface area contributed by atoms with Crippen LogP contribution >= 0.6 is 31.9 Å². The van der Waals surface area contributed by atoms with E-state index in [1.54, 1.807) is 6.26 Å². The second-order valence-electron chi connectivity index (χ2n) is 7.20. The predicted molar refractivity (Wildman–Crippen MR) is 92.9 cm³/mol. The van der Waals surface area contributed by atoms with Gasteiger partial charge in [-0.05, 0) is 24.8 Å². The first kappa shape index (κ1) is 17.5. The summed E-state index contributed by atoms with van der Waals surface area (Å²) in [6, 6.07) is 0. The predicted octanol–water partition coefficient (Wildman–Crippen LogP) is 2.48. The molecular formula is C17H18Br2O6. The summed E-state index contributed by atoms with van der Waals surface area (Å²) >= 11 is 7.26. The Morgan fingerprint density at radius 1 is 1.24 bits per heavy atom. The Balaban J connectivity index is 2.05. The maximum absolute atomic E-state index is 13.1. The number of hydrogen-bond donors (Lipinski definition) is 0. The molecule has 0 saturated heterocycles. The summed E-state index contributed by atoms with van der Waals surface area (Å²) in [4.78, 5) is 39.0. The molecule has 0 aromatic carbocycles. The molecule has 0 N–H and O–H groups in total. The third-order valence-electron chi connectivity index (χ3n) is 6.57. The number of ketones is 1. The molecule has 4 rings (SSSR count). The maximum Gasteiger partial charge on any atom is 0.317 e. The number of carbonyl (C=O) groups excluding carboxylic acids is 3. The summed E-state index contributed by atoms with van der Waals surface area (Å²) in [5, 5.41) is 0. The van der Waals surface area contributed by atoms with Gasteiger partial charge in [0.05, 0.1) is 31.8 Å². The largest absolute Gasteiger partial charge is 0.495 e. The number of alkyl halides is 2. The zero-order valence-corrected chi connectivity index (χ0v) is 17.0. The van der Waals surface area contributed by atoms with Crippen LogP contribution in [0.2, 0.25) is 0 Å². The van der Waals surface area contributed by atoms with E-state index in [1.807, 2.05) is 0 Å². The Hall–Kier alpha value is -0.890. The number of Topliss-reactive ketones (excluding diaryl/α,β-unsaturated/α-hetero) is 1. The molecule has 3 saturated carbocycles. The van der Waals surface area contributed by atoms with Crippen LogP contribution in [0.15, 0.2) is 11.8 Å². The Labute approximate surface area is 161 Å². The highest BCUT2D eigenvalue weighted by Gasteiger charge is 2.87. The first-order valence-electron chi connectivity index (χ1n) is 8.21. The lowest BCUT2D eigenvalue weighted by Gasteiger charge is -2.39. The summed E-state index contributed by atoms with van der Waals surface area (Å²) in [7, 11) is 2.60. The van der Waals surface area contributed by atoms with Gasteiger partial charge in [-0.25, -0.2) is 0 Å². The first-order valence-corrected chi connectivity index (χ1v) is 9.80. The average Bonchev–Trinajstić information content (AvgIpc) is 2.95. The van der Waals surface area contributed by atoms with Gasteiger partial charge in [-0.2, -0.15) is 0 Å². The molecule has 1 heterocycles. The summed E-state index contributed by atoms with van der Waals surface area (Å²) in [5.41, 5.74) is -1.45. The third kappa shape index (κ3) is 1.78. The molecule has 5 atom stereocenters. The molecule has 6 nitrogen and oxygen atoms in total. The van der Waals surface area contributed by atoms with Crippen molar-refractivity contribution >= 4 is 49.6 Å². The van der Waals surface area contributed by atoms with Gasteiger partial charge < -0.3 is 14.2 Å². The van der Waals surface area contributed by atoms with Gasteiger partial charge in [0.2, 0.25) is 0 Å². The van der Waals surface area contributed by atoms with E-state index in [0.29, 0.717) is 31.3 Å². The highest BCUT2D eigenvalue weighted by Crippen LogP contribution is 2.80. The summed E-state index contributed by atoms with van der Waals surface area (Å²) in [6.07, 6.45) is 2.96. The van der Waals surface area contributed by atoms with E-state index in [4.69, 9.17) is 14.2 Å². The Morgan fingerprint density at radius 2 is 1.96 bits per heavy atom. The standard InChI is InChI=1S/C17H18Br2O6/c1-23-12(21)11-15-6-5-10(20)9-4-3-8(16(9,11)14(22)24-2)7-25-13(15)17(15,18)19/h7,9,11,13H,3-6H2,1-2H3/t9-,11-,13?,15-,16+/m0/s1. The monoisotopic (exact) mass is 476 g/mol. The van der Waals surface area contributed by atoms with Crippen molar-refractivity contribution in [2.45, 2.75) is 35.0 Å². The quantitative estimate of drug-likeness (QED) is 0.449. The SMILES string of the molecule is COC(=O)[C@@H]1[C@@]2(C(=O)OC)C3=COC4C(Br)(Br)[C@]41CCC(=O)[C@@H]2CC3. The van der Waals surface area contributed by atoms with Crippen molar-refractivity contribution in [3.8, 4) is 0 Å². The minimum absolute atomic E-state index is 0.00271. The Kier molecular flexibility index (Phi) is 3.72. The van der Waals surface area contributed by atoms with E-state index < -0.39 is 37.8 Å². The van der Waals surface area contributed by atoms with E-state index in [0.717, 1.165) is 0 Å². The smallest absolute Gasteiger partial charge is 0.317 e. The lowest BCUT2D eigenvalue weighted by Crippen LogP contribution is -2.52. The lowest BCUT2D eigenvalue weighted by molar-refractivity contribution is -0.170. The molecule has 1 unspecified atom stereocenters. The molecular weight excluding hydrogens is 460 g/mol. The van der Waals surface area contributed by atoms with Gasteiger partial charge in [0.25, 0.3) is 0 Å². The van der Waals surface area contributed by atoms with Crippen molar-refractivity contribution in [1.29, 1.82) is 0 Å². The molecule has 0 aromatic rings. The normalized spacial score (nSPS) is 43.0. The lowest BCUT2D eigenvalue weighted by atomic mass is 9.61. The minimum atomic E-state index is -1.35. The van der Waals surface area contributed by atoms with Crippen molar-refractivity contribution in [1.82, 2.24) is 0 Å². The van der Waals surface area contributed by atoms with Crippen LogP contribution in [0.25, 0.3) is 0 Å². The number of carbonyl (C=O) groups is 3. The van der Waals surface area contributed by atoms with Gasteiger partial charge in [0.1, 0.15) is 20.5 Å². The molecule has 0 radical (unpaired) electrons. The average molecular weight is 478 g/mol. The van der Waals surface area contributed by atoms with Gasteiger partial charge in [-0.3, -0.25) is 14.4 Å². The molecule has 3 aliphatic carbocycles. The van der Waals surface area contributed by atoms with Gasteiger partial charge in [0.15, 0.2) is 0 Å².